The standard InChI is InChI=1S/C32H33ClN2O7S/c1-4-21-16-23(9-8-22(21)11-13-36)31(38)35-12-10-26-19(2)29(27(33)17-24(26)18-35)30(37)34-28(32(39)40)15-20-6-5-7-25(14-20)43(3,41)42/h5-9,13-14,16-17,28H,4,10-12,15,18H2,1-3H3,(H,34,37)(H,39,40). The molecule has 1 aliphatic rings. The minimum absolute atomic E-state index is 0.0577. The molecule has 0 fully saturated rings. The first-order valence-electron chi connectivity index (χ1n) is 13.8. The Kier molecular flexibility index (Phi) is 9.72. The number of hydrogen-bond donors (Lipinski definition) is 2. The number of carbonyl (C=O) groups excluding carboxylic acids is 3. The normalized spacial score (nSPS) is 13.6. The Labute approximate surface area is 255 Å². The fourth-order valence-electron chi connectivity index (χ4n) is 5.48. The summed E-state index contributed by atoms with van der Waals surface area (Å²) in [6, 6.07) is 11.6. The molecule has 1 unspecified atom stereocenters. The molecule has 0 spiro atoms. The zero-order valence-corrected chi connectivity index (χ0v) is 25.7. The maximum Gasteiger partial charge on any atom is 0.326 e. The Morgan fingerprint density at radius 3 is 2.51 bits per heavy atom. The summed E-state index contributed by atoms with van der Waals surface area (Å²) in [5.74, 6) is -2.07. The van der Waals surface area contributed by atoms with Crippen LogP contribution in [-0.4, -0.2) is 61.3 Å². The Bertz CT molecular complexity index is 1720. The van der Waals surface area contributed by atoms with Crippen molar-refractivity contribution in [1.29, 1.82) is 0 Å². The van der Waals surface area contributed by atoms with Crippen molar-refractivity contribution in [3.63, 3.8) is 0 Å². The summed E-state index contributed by atoms with van der Waals surface area (Å²) in [5, 5.41) is 12.5. The molecule has 3 aromatic carbocycles. The highest BCUT2D eigenvalue weighted by molar-refractivity contribution is 7.90. The van der Waals surface area contributed by atoms with Crippen molar-refractivity contribution in [3.8, 4) is 0 Å². The van der Waals surface area contributed by atoms with Gasteiger partial charge in [-0.3, -0.25) is 9.59 Å². The predicted octanol–water partition coefficient (Wildman–Crippen LogP) is 3.98. The van der Waals surface area contributed by atoms with Crippen molar-refractivity contribution in [2.75, 3.05) is 12.8 Å². The van der Waals surface area contributed by atoms with Gasteiger partial charge in [0.15, 0.2) is 9.84 Å². The molecular formula is C32H33ClN2O7S. The lowest BCUT2D eigenvalue weighted by Gasteiger charge is -2.31. The van der Waals surface area contributed by atoms with Crippen molar-refractivity contribution in [2.24, 2.45) is 0 Å². The molecule has 0 saturated heterocycles. The minimum Gasteiger partial charge on any atom is -0.480 e. The van der Waals surface area contributed by atoms with E-state index in [1.807, 2.05) is 19.1 Å². The maximum absolute atomic E-state index is 13.4. The minimum atomic E-state index is -3.49. The Morgan fingerprint density at radius 1 is 1.12 bits per heavy atom. The third-order valence-corrected chi connectivity index (χ3v) is 9.18. The van der Waals surface area contributed by atoms with Gasteiger partial charge in [-0.05, 0) is 83.5 Å². The number of sulfone groups is 1. The van der Waals surface area contributed by atoms with E-state index < -0.39 is 27.8 Å². The molecule has 43 heavy (non-hydrogen) atoms. The van der Waals surface area contributed by atoms with Crippen LogP contribution in [0.1, 0.15) is 61.0 Å². The topological polar surface area (TPSA) is 138 Å². The fraction of sp³-hybridized carbons (Fsp3) is 0.312. The van der Waals surface area contributed by atoms with Gasteiger partial charge in [-0.15, -0.1) is 0 Å². The number of aldehydes is 1. The van der Waals surface area contributed by atoms with E-state index in [-0.39, 0.29) is 27.8 Å². The van der Waals surface area contributed by atoms with E-state index in [4.69, 9.17) is 11.6 Å². The molecule has 226 valence electrons. The van der Waals surface area contributed by atoms with Gasteiger partial charge in [-0.2, -0.15) is 0 Å². The van der Waals surface area contributed by atoms with Crippen molar-refractivity contribution in [2.45, 2.75) is 57.0 Å². The van der Waals surface area contributed by atoms with Gasteiger partial charge in [0.2, 0.25) is 0 Å². The molecule has 0 bridgehead atoms. The van der Waals surface area contributed by atoms with Gasteiger partial charge in [-0.25, -0.2) is 13.2 Å². The van der Waals surface area contributed by atoms with Crippen LogP contribution < -0.4 is 5.32 Å². The maximum atomic E-state index is 13.4. The van der Waals surface area contributed by atoms with Crippen LogP contribution >= 0.6 is 11.6 Å². The SMILES string of the molecule is CCc1cc(C(=O)N2CCc3c(cc(Cl)c(C(=O)NC(Cc4cccc(S(C)(=O)=O)c4)C(=O)O)c3C)C2)ccc1CC=O. The number of aryl methyl sites for hydroxylation is 1. The zero-order chi connectivity index (χ0) is 31.5. The number of nitrogens with one attached hydrogen (secondary N) is 1. The summed E-state index contributed by atoms with van der Waals surface area (Å²) in [6.07, 6.45) is 3.26. The lowest BCUT2D eigenvalue weighted by Crippen LogP contribution is -2.43. The number of rotatable bonds is 10. The molecule has 1 atom stereocenters. The Morgan fingerprint density at radius 2 is 1.86 bits per heavy atom. The first-order chi connectivity index (χ1) is 20.3. The van der Waals surface area contributed by atoms with Gasteiger partial charge in [0.05, 0.1) is 15.5 Å². The van der Waals surface area contributed by atoms with E-state index in [9.17, 15) is 32.7 Å². The lowest BCUT2D eigenvalue weighted by molar-refractivity contribution is -0.139. The summed E-state index contributed by atoms with van der Waals surface area (Å²) < 4.78 is 23.8. The monoisotopic (exact) mass is 624 g/mol. The molecule has 1 heterocycles. The molecule has 2 amide bonds. The van der Waals surface area contributed by atoms with Gasteiger partial charge in [-0.1, -0.05) is 36.7 Å². The Balaban J connectivity index is 1.54. The van der Waals surface area contributed by atoms with E-state index in [2.05, 4.69) is 5.32 Å². The quantitative estimate of drug-likeness (QED) is 0.326. The summed E-state index contributed by atoms with van der Waals surface area (Å²) in [6.45, 7) is 4.44. The van der Waals surface area contributed by atoms with Crippen molar-refractivity contribution in [1.82, 2.24) is 10.2 Å². The highest BCUT2D eigenvalue weighted by atomic mass is 35.5. The number of amides is 2. The first-order valence-corrected chi connectivity index (χ1v) is 16.1. The molecule has 0 radical (unpaired) electrons. The molecule has 0 aromatic heterocycles. The molecule has 1 aliphatic heterocycles. The number of carbonyl (C=O) groups is 4. The van der Waals surface area contributed by atoms with Crippen LogP contribution in [0, 0.1) is 6.92 Å². The van der Waals surface area contributed by atoms with Crippen molar-refractivity contribution >= 4 is 45.5 Å². The second-order valence-corrected chi connectivity index (χ2v) is 13.1. The summed E-state index contributed by atoms with van der Waals surface area (Å²) in [5.41, 5.74) is 5.29. The lowest BCUT2D eigenvalue weighted by atomic mass is 9.90. The number of fused-ring (bicyclic) bond motifs is 1. The van der Waals surface area contributed by atoms with Gasteiger partial charge >= 0.3 is 5.97 Å². The number of carboxylic acid groups (broad SMARTS) is 1. The van der Waals surface area contributed by atoms with E-state index >= 15 is 0 Å². The molecule has 4 rings (SSSR count). The highest BCUT2D eigenvalue weighted by Gasteiger charge is 2.29. The second-order valence-electron chi connectivity index (χ2n) is 10.7. The van der Waals surface area contributed by atoms with Crippen LogP contribution in [0.15, 0.2) is 53.4 Å². The van der Waals surface area contributed by atoms with Gasteiger partial charge in [0, 0.05) is 37.8 Å². The molecule has 9 nitrogen and oxygen atoms in total. The predicted molar refractivity (Wildman–Crippen MR) is 162 cm³/mol. The van der Waals surface area contributed by atoms with E-state index in [1.54, 1.807) is 30.0 Å². The van der Waals surface area contributed by atoms with E-state index in [1.165, 1.54) is 18.2 Å². The van der Waals surface area contributed by atoms with Crippen molar-refractivity contribution < 1.29 is 32.7 Å². The third kappa shape index (κ3) is 7.14. The van der Waals surface area contributed by atoms with Crippen LogP contribution in [-0.2, 0) is 51.7 Å². The van der Waals surface area contributed by atoms with Crippen LogP contribution in [0.5, 0.6) is 0 Å². The number of nitrogens with zero attached hydrogens (tertiary/aromatic N) is 1. The molecule has 3 aromatic rings. The number of benzene rings is 3. The van der Waals surface area contributed by atoms with Crippen LogP contribution in [0.25, 0.3) is 0 Å². The van der Waals surface area contributed by atoms with Crippen molar-refractivity contribution in [3.05, 3.63) is 98.1 Å². The summed E-state index contributed by atoms with van der Waals surface area (Å²) >= 11 is 6.58. The van der Waals surface area contributed by atoms with E-state index in [0.717, 1.165) is 34.8 Å². The largest absolute Gasteiger partial charge is 0.480 e. The van der Waals surface area contributed by atoms with Gasteiger partial charge < -0.3 is 20.1 Å². The average Bonchev–Trinajstić information content (AvgIpc) is 2.96. The van der Waals surface area contributed by atoms with Gasteiger partial charge in [0.25, 0.3) is 11.8 Å². The first kappa shape index (κ1) is 31.9. The molecule has 11 heteroatoms. The number of hydrogen-bond acceptors (Lipinski definition) is 6. The Hall–Kier alpha value is -4.02. The van der Waals surface area contributed by atoms with Crippen LogP contribution in [0.4, 0.5) is 0 Å². The zero-order valence-electron chi connectivity index (χ0n) is 24.1. The fourth-order valence-corrected chi connectivity index (χ4v) is 6.54. The second kappa shape index (κ2) is 13.1. The van der Waals surface area contributed by atoms with Gasteiger partial charge in [0.1, 0.15) is 12.3 Å². The smallest absolute Gasteiger partial charge is 0.326 e. The highest BCUT2D eigenvalue weighted by Crippen LogP contribution is 2.31. The average molecular weight is 625 g/mol. The third-order valence-electron chi connectivity index (χ3n) is 7.77. The summed E-state index contributed by atoms with van der Waals surface area (Å²) in [7, 11) is -3.49. The van der Waals surface area contributed by atoms with Crippen LogP contribution in [0.2, 0.25) is 5.02 Å². The van der Waals surface area contributed by atoms with E-state index in [0.29, 0.717) is 49.0 Å². The molecule has 0 saturated carbocycles. The molecule has 2 N–H and O–H groups in total. The number of aliphatic carboxylic acids is 1. The summed E-state index contributed by atoms with van der Waals surface area (Å²) in [4.78, 5) is 51.5. The number of carboxylic acids is 1. The molecular weight excluding hydrogens is 592 g/mol. The molecule has 0 aliphatic carbocycles. The van der Waals surface area contributed by atoms with Crippen LogP contribution in [0.3, 0.4) is 0 Å². The number of halogens is 1.